The Hall–Kier alpha value is -3.47. The van der Waals surface area contributed by atoms with Crippen molar-refractivity contribution in [1.82, 2.24) is 14.5 Å². The maximum absolute atomic E-state index is 11.5. The monoisotopic (exact) mass is 483 g/mol. The third-order valence-corrected chi connectivity index (χ3v) is 5.71. The van der Waals surface area contributed by atoms with Crippen LogP contribution in [0.2, 0.25) is 5.02 Å². The number of aliphatic hydroxyl groups is 1. The Morgan fingerprint density at radius 2 is 2.18 bits per heavy atom. The lowest BCUT2D eigenvalue weighted by atomic mass is 10.1. The van der Waals surface area contributed by atoms with Crippen molar-refractivity contribution in [3.05, 3.63) is 75.6 Å². The minimum Gasteiger partial charge on any atom is -0.394 e. The summed E-state index contributed by atoms with van der Waals surface area (Å²) in [5.74, 6) is 1.04. The van der Waals surface area contributed by atoms with Crippen LogP contribution in [0.15, 0.2) is 63.6 Å². The lowest BCUT2D eigenvalue weighted by molar-refractivity contribution is -0.0245. The predicted molar refractivity (Wildman–Crippen MR) is 133 cm³/mol. The molecule has 4 heterocycles. The van der Waals surface area contributed by atoms with E-state index in [4.69, 9.17) is 27.2 Å². The first kappa shape index (κ1) is 23.7. The van der Waals surface area contributed by atoms with E-state index in [0.29, 0.717) is 18.0 Å². The maximum Gasteiger partial charge on any atom is 0.351 e. The molecular weight excluding hydrogens is 458 g/mol. The maximum atomic E-state index is 11.5. The van der Waals surface area contributed by atoms with Crippen LogP contribution in [0.25, 0.3) is 0 Å². The number of nitrogen functional groups attached to an aromatic ring is 1. The molecule has 2 atom stereocenters. The number of ether oxygens (including phenoxy) is 1. The average molecular weight is 484 g/mol. The Bertz CT molecular complexity index is 1250. The quantitative estimate of drug-likeness (QED) is 0.450. The molecule has 1 aromatic carbocycles. The van der Waals surface area contributed by atoms with Crippen LogP contribution < -0.4 is 16.7 Å². The number of aromatic nitrogens is 3. The molecule has 10 nitrogen and oxygen atoms in total. The number of hydrogen-bond donors (Lipinski definition) is 4. The number of nitrogens with zero attached hydrogens (tertiary/aromatic N) is 4. The van der Waals surface area contributed by atoms with Crippen LogP contribution in [0.5, 0.6) is 0 Å². The summed E-state index contributed by atoms with van der Waals surface area (Å²) < 4.78 is 6.84. The molecule has 5 rings (SSSR count). The third kappa shape index (κ3) is 5.36. The zero-order chi connectivity index (χ0) is 24.1. The highest BCUT2D eigenvalue weighted by Crippen LogP contribution is 2.27. The Balaban J connectivity index is 0.000000166. The number of amidine groups is 1. The van der Waals surface area contributed by atoms with Crippen molar-refractivity contribution in [2.24, 2.45) is 9.98 Å². The lowest BCUT2D eigenvalue weighted by Gasteiger charge is -2.14. The number of anilines is 2. The Morgan fingerprint density at radius 1 is 1.32 bits per heavy atom. The van der Waals surface area contributed by atoms with Gasteiger partial charge in [0.25, 0.3) is 0 Å². The second-order valence-corrected chi connectivity index (χ2v) is 8.19. The summed E-state index contributed by atoms with van der Waals surface area (Å²) in [6.07, 6.45) is 4.39. The standard InChI is InChI=1S/C14H13ClN4.C9H13N3O3/c1-16-13-8-18-14(12-3-2-6-17-12)10-7-9(15)4-5-11(10)19-13;10-7-3-4-12(9(14)11-7)8-2-1-6(5-13)15-8/h2-7,17H,8H2,1H3,(H,16,19);3-4,6,8,13H,1-2,5H2,(H2,10,11,14)/t;6-,8+/m.0/s1. The van der Waals surface area contributed by atoms with E-state index in [0.717, 1.165) is 34.9 Å². The molecule has 0 bridgehead atoms. The van der Waals surface area contributed by atoms with Crippen LogP contribution in [0.3, 0.4) is 0 Å². The Kier molecular flexibility index (Phi) is 7.41. The second-order valence-electron chi connectivity index (χ2n) is 7.75. The van der Waals surface area contributed by atoms with E-state index in [1.165, 1.54) is 4.57 Å². The normalized spacial score (nSPS) is 20.6. The molecule has 2 aliphatic rings. The van der Waals surface area contributed by atoms with Gasteiger partial charge in [-0.05, 0) is 49.2 Å². The number of nitrogens with one attached hydrogen (secondary N) is 2. The van der Waals surface area contributed by atoms with Crippen LogP contribution in [0.1, 0.15) is 30.3 Å². The number of hydrogen-bond acceptors (Lipinski definition) is 7. The molecule has 1 fully saturated rings. The van der Waals surface area contributed by atoms with E-state index in [1.807, 2.05) is 36.5 Å². The number of nitrogens with two attached hydrogens (primary N) is 1. The van der Waals surface area contributed by atoms with E-state index in [2.05, 4.69) is 25.3 Å². The number of fused-ring (bicyclic) bond motifs is 1. The van der Waals surface area contributed by atoms with E-state index in [-0.39, 0.29) is 24.8 Å². The molecular formula is C23H26ClN7O3. The topological polar surface area (TPSA) is 143 Å². The molecule has 178 valence electrons. The summed E-state index contributed by atoms with van der Waals surface area (Å²) in [5.41, 5.74) is 8.78. The van der Waals surface area contributed by atoms with E-state index < -0.39 is 5.69 Å². The van der Waals surface area contributed by atoms with Crippen molar-refractivity contribution in [3.8, 4) is 0 Å². The van der Waals surface area contributed by atoms with Gasteiger partial charge < -0.3 is 25.9 Å². The third-order valence-electron chi connectivity index (χ3n) is 5.48. The highest BCUT2D eigenvalue weighted by Gasteiger charge is 2.26. The zero-order valence-electron chi connectivity index (χ0n) is 18.6. The highest BCUT2D eigenvalue weighted by molar-refractivity contribution is 6.31. The second kappa shape index (κ2) is 10.6. The smallest absolute Gasteiger partial charge is 0.351 e. The highest BCUT2D eigenvalue weighted by atomic mass is 35.5. The van der Waals surface area contributed by atoms with Gasteiger partial charge in [-0.15, -0.1) is 0 Å². The predicted octanol–water partition coefficient (Wildman–Crippen LogP) is 2.45. The molecule has 0 aliphatic carbocycles. The summed E-state index contributed by atoms with van der Waals surface area (Å²) in [5, 5.41) is 12.9. The minimum absolute atomic E-state index is 0.0202. The summed E-state index contributed by atoms with van der Waals surface area (Å²) >= 11 is 6.10. The van der Waals surface area contributed by atoms with Crippen molar-refractivity contribution in [1.29, 1.82) is 0 Å². The largest absolute Gasteiger partial charge is 0.394 e. The van der Waals surface area contributed by atoms with Gasteiger partial charge in [0.15, 0.2) is 0 Å². The van der Waals surface area contributed by atoms with Gasteiger partial charge in [-0.3, -0.25) is 14.6 Å². The number of halogens is 1. The SMILES string of the molecule is CN=C1CN=C(c2ccc[nH]2)c2cc(Cl)ccc2N1.Nc1ccn([C@H]2CC[C@@H](CO)O2)c(=O)n1. The van der Waals surface area contributed by atoms with Crippen LogP contribution >= 0.6 is 11.6 Å². The van der Waals surface area contributed by atoms with Gasteiger partial charge >= 0.3 is 5.69 Å². The van der Waals surface area contributed by atoms with Gasteiger partial charge in [-0.25, -0.2) is 4.79 Å². The molecule has 11 heteroatoms. The van der Waals surface area contributed by atoms with E-state index >= 15 is 0 Å². The number of H-pyrrole nitrogens is 1. The molecule has 0 amide bonds. The summed E-state index contributed by atoms with van der Waals surface area (Å²) in [7, 11) is 1.76. The summed E-state index contributed by atoms with van der Waals surface area (Å²) in [6, 6.07) is 11.2. The fourth-order valence-corrected chi connectivity index (χ4v) is 3.93. The van der Waals surface area contributed by atoms with Crippen LogP contribution in [-0.4, -0.2) is 57.5 Å². The van der Waals surface area contributed by atoms with Gasteiger partial charge in [0.1, 0.15) is 17.9 Å². The van der Waals surface area contributed by atoms with Crippen molar-refractivity contribution in [2.75, 3.05) is 31.2 Å². The van der Waals surface area contributed by atoms with Gasteiger partial charge in [0.2, 0.25) is 0 Å². The number of rotatable bonds is 3. The number of aliphatic imine (C=N–C) groups is 2. The van der Waals surface area contributed by atoms with E-state index in [1.54, 1.807) is 19.3 Å². The first-order valence-electron chi connectivity index (χ1n) is 10.8. The molecule has 0 unspecified atom stereocenters. The fraction of sp³-hybridized carbons (Fsp3) is 0.304. The molecule has 0 radical (unpaired) electrons. The average Bonchev–Trinajstić information content (AvgIpc) is 3.49. The minimum atomic E-state index is -0.418. The fourth-order valence-electron chi connectivity index (χ4n) is 3.76. The van der Waals surface area contributed by atoms with Gasteiger partial charge in [0.05, 0.1) is 30.7 Å². The Labute approximate surface area is 201 Å². The van der Waals surface area contributed by atoms with E-state index in [9.17, 15) is 4.79 Å². The number of aromatic amines is 1. The van der Waals surface area contributed by atoms with Crippen LogP contribution in [0.4, 0.5) is 11.5 Å². The molecule has 0 saturated carbocycles. The van der Waals surface area contributed by atoms with Gasteiger partial charge in [0, 0.05) is 35.7 Å². The molecule has 5 N–H and O–H groups in total. The first-order chi connectivity index (χ1) is 16.5. The summed E-state index contributed by atoms with van der Waals surface area (Å²) in [6.45, 7) is 0.505. The van der Waals surface area contributed by atoms with Gasteiger partial charge in [-0.1, -0.05) is 11.6 Å². The van der Waals surface area contributed by atoms with Crippen LogP contribution in [0, 0.1) is 0 Å². The van der Waals surface area contributed by atoms with Crippen LogP contribution in [-0.2, 0) is 4.74 Å². The summed E-state index contributed by atoms with van der Waals surface area (Å²) in [4.78, 5) is 27.1. The number of benzene rings is 1. The van der Waals surface area contributed by atoms with Gasteiger partial charge in [-0.2, -0.15) is 4.98 Å². The lowest BCUT2D eigenvalue weighted by Crippen LogP contribution is -2.27. The molecule has 0 spiro atoms. The van der Waals surface area contributed by atoms with Crippen molar-refractivity contribution < 1.29 is 9.84 Å². The molecule has 34 heavy (non-hydrogen) atoms. The van der Waals surface area contributed by atoms with Crippen molar-refractivity contribution in [3.63, 3.8) is 0 Å². The number of benzodiazepines with no additional fused rings is 1. The molecule has 2 aromatic heterocycles. The van der Waals surface area contributed by atoms with Crippen molar-refractivity contribution >= 4 is 34.7 Å². The molecule has 3 aromatic rings. The molecule has 2 aliphatic heterocycles. The Morgan fingerprint density at radius 3 is 2.85 bits per heavy atom. The number of aliphatic hydroxyl groups excluding tert-OH is 1. The molecule has 1 saturated heterocycles. The zero-order valence-corrected chi connectivity index (χ0v) is 19.4. The van der Waals surface area contributed by atoms with Crippen molar-refractivity contribution in [2.45, 2.75) is 25.2 Å². The first-order valence-corrected chi connectivity index (χ1v) is 11.2.